The van der Waals surface area contributed by atoms with Gasteiger partial charge in [-0.05, 0) is 30.3 Å². The summed E-state index contributed by atoms with van der Waals surface area (Å²) in [4.78, 5) is 22.3. The number of carbonyl (C=O) groups excluding carboxylic acids is 1. The lowest BCUT2D eigenvalue weighted by molar-refractivity contribution is -0.384. The molecule has 0 unspecified atom stereocenters. The van der Waals surface area contributed by atoms with Gasteiger partial charge in [0.05, 0.1) is 16.4 Å². The van der Waals surface area contributed by atoms with Crippen molar-refractivity contribution in [2.24, 2.45) is 0 Å². The van der Waals surface area contributed by atoms with E-state index in [9.17, 15) is 14.9 Å². The highest BCUT2D eigenvalue weighted by atomic mass is 79.9. The zero-order valence-corrected chi connectivity index (χ0v) is 16.2. The van der Waals surface area contributed by atoms with Crippen molar-refractivity contribution in [3.8, 4) is 11.3 Å². The van der Waals surface area contributed by atoms with Crippen LogP contribution in [0.25, 0.3) is 11.3 Å². The molecule has 3 aromatic rings. The number of hydrogen-bond donors (Lipinski definition) is 1. The number of halogens is 1. The molecule has 1 aromatic heterocycles. The van der Waals surface area contributed by atoms with Gasteiger partial charge in [-0.15, -0.1) is 10.2 Å². The summed E-state index contributed by atoms with van der Waals surface area (Å²) < 4.78 is 0.987. The highest BCUT2D eigenvalue weighted by molar-refractivity contribution is 9.10. The molecule has 7 nitrogen and oxygen atoms in total. The van der Waals surface area contributed by atoms with E-state index >= 15 is 0 Å². The average molecular weight is 445 g/mol. The molecule has 9 heteroatoms. The summed E-state index contributed by atoms with van der Waals surface area (Å²) in [7, 11) is 0. The van der Waals surface area contributed by atoms with Crippen LogP contribution in [-0.4, -0.2) is 26.8 Å². The second-order valence-electron chi connectivity index (χ2n) is 5.41. The van der Waals surface area contributed by atoms with E-state index in [1.54, 1.807) is 12.1 Å². The first-order valence-corrected chi connectivity index (χ1v) is 9.56. The van der Waals surface area contributed by atoms with Crippen molar-refractivity contribution in [2.45, 2.75) is 5.03 Å². The van der Waals surface area contributed by atoms with Gasteiger partial charge in [-0.2, -0.15) is 0 Å². The summed E-state index contributed by atoms with van der Waals surface area (Å²) in [6.45, 7) is 0. The molecule has 2 aromatic carbocycles. The molecule has 0 bridgehead atoms. The van der Waals surface area contributed by atoms with E-state index in [-0.39, 0.29) is 17.3 Å². The Morgan fingerprint density at radius 1 is 1.11 bits per heavy atom. The summed E-state index contributed by atoms with van der Waals surface area (Å²) in [5.41, 5.74) is 2.00. The maximum atomic E-state index is 12.0. The first kappa shape index (κ1) is 19.0. The van der Waals surface area contributed by atoms with Gasteiger partial charge in [-0.3, -0.25) is 14.9 Å². The largest absolute Gasteiger partial charge is 0.325 e. The molecule has 136 valence electrons. The Kier molecular flexibility index (Phi) is 6.15. The number of nitro groups is 1. The van der Waals surface area contributed by atoms with E-state index in [0.29, 0.717) is 10.7 Å². The van der Waals surface area contributed by atoms with Gasteiger partial charge in [0.15, 0.2) is 0 Å². The number of nitro benzene ring substituents is 1. The standard InChI is InChI=1S/C18H13BrN4O3S/c19-13-6-4-12(5-7-13)16-8-9-18(22-21-16)27-11-17(24)20-14-2-1-3-15(10-14)23(25)26/h1-10H,11H2,(H,20,24). The highest BCUT2D eigenvalue weighted by Gasteiger charge is 2.09. The van der Waals surface area contributed by atoms with Crippen molar-refractivity contribution in [3.05, 3.63) is 75.3 Å². The van der Waals surface area contributed by atoms with Crippen molar-refractivity contribution in [3.63, 3.8) is 0 Å². The molecule has 0 radical (unpaired) electrons. The molecule has 0 atom stereocenters. The van der Waals surface area contributed by atoms with Crippen LogP contribution in [0, 0.1) is 10.1 Å². The number of nitrogens with one attached hydrogen (secondary N) is 1. The summed E-state index contributed by atoms with van der Waals surface area (Å²) in [5, 5.41) is 22.3. The molecular formula is C18H13BrN4O3S. The Hall–Kier alpha value is -2.78. The second kappa shape index (κ2) is 8.74. The summed E-state index contributed by atoms with van der Waals surface area (Å²) in [6, 6.07) is 17.2. The normalized spacial score (nSPS) is 10.4. The first-order chi connectivity index (χ1) is 13.0. The molecule has 0 spiro atoms. The van der Waals surface area contributed by atoms with E-state index in [0.717, 1.165) is 15.7 Å². The summed E-state index contributed by atoms with van der Waals surface area (Å²) >= 11 is 4.63. The van der Waals surface area contributed by atoms with Crippen molar-refractivity contribution in [1.29, 1.82) is 0 Å². The van der Waals surface area contributed by atoms with Gasteiger partial charge in [0, 0.05) is 27.9 Å². The monoisotopic (exact) mass is 444 g/mol. The third-order valence-electron chi connectivity index (χ3n) is 3.47. The fourth-order valence-electron chi connectivity index (χ4n) is 2.21. The van der Waals surface area contributed by atoms with E-state index in [1.165, 1.54) is 30.0 Å². The molecule has 1 heterocycles. The Bertz CT molecular complexity index is 965. The van der Waals surface area contributed by atoms with Gasteiger partial charge in [-0.1, -0.05) is 45.9 Å². The van der Waals surface area contributed by atoms with Crippen LogP contribution < -0.4 is 5.32 Å². The number of benzene rings is 2. The Morgan fingerprint density at radius 3 is 2.56 bits per heavy atom. The lowest BCUT2D eigenvalue weighted by Crippen LogP contribution is -2.14. The quantitative estimate of drug-likeness (QED) is 0.340. The molecule has 0 fully saturated rings. The lowest BCUT2D eigenvalue weighted by Gasteiger charge is -2.05. The minimum atomic E-state index is -0.507. The second-order valence-corrected chi connectivity index (χ2v) is 7.32. The Labute approximate surface area is 167 Å². The van der Waals surface area contributed by atoms with Crippen molar-refractivity contribution in [1.82, 2.24) is 10.2 Å². The average Bonchev–Trinajstić information content (AvgIpc) is 2.68. The smallest absolute Gasteiger partial charge is 0.271 e. The molecule has 3 rings (SSSR count). The number of nitrogens with zero attached hydrogens (tertiary/aromatic N) is 3. The van der Waals surface area contributed by atoms with Crippen LogP contribution in [0.5, 0.6) is 0 Å². The van der Waals surface area contributed by atoms with Gasteiger partial charge < -0.3 is 5.32 Å². The van der Waals surface area contributed by atoms with E-state index in [2.05, 4.69) is 31.4 Å². The highest BCUT2D eigenvalue weighted by Crippen LogP contribution is 2.22. The molecule has 1 N–H and O–H groups in total. The number of anilines is 1. The van der Waals surface area contributed by atoms with Gasteiger partial charge >= 0.3 is 0 Å². The fraction of sp³-hybridized carbons (Fsp3) is 0.0556. The number of carbonyl (C=O) groups is 1. The lowest BCUT2D eigenvalue weighted by atomic mass is 10.1. The molecule has 27 heavy (non-hydrogen) atoms. The van der Waals surface area contributed by atoms with Gasteiger partial charge in [0.1, 0.15) is 5.03 Å². The van der Waals surface area contributed by atoms with Crippen LogP contribution in [0.15, 0.2) is 70.2 Å². The Balaban J connectivity index is 1.56. The number of amides is 1. The summed E-state index contributed by atoms with van der Waals surface area (Å²) in [6.07, 6.45) is 0. The predicted octanol–water partition coefficient (Wildman–Crippen LogP) is 4.55. The maximum absolute atomic E-state index is 12.0. The van der Waals surface area contributed by atoms with E-state index in [4.69, 9.17) is 0 Å². The van der Waals surface area contributed by atoms with E-state index in [1.807, 2.05) is 30.3 Å². The number of rotatable bonds is 6. The predicted molar refractivity (Wildman–Crippen MR) is 108 cm³/mol. The molecule has 0 aliphatic heterocycles. The minimum Gasteiger partial charge on any atom is -0.325 e. The minimum absolute atomic E-state index is 0.0742. The molecule has 0 saturated carbocycles. The van der Waals surface area contributed by atoms with Crippen molar-refractivity contribution < 1.29 is 9.72 Å². The Morgan fingerprint density at radius 2 is 1.89 bits per heavy atom. The number of non-ortho nitro benzene ring substituents is 1. The van der Waals surface area contributed by atoms with Gasteiger partial charge in [0.2, 0.25) is 5.91 Å². The molecular weight excluding hydrogens is 432 g/mol. The molecule has 0 saturated heterocycles. The number of thioether (sulfide) groups is 1. The van der Waals surface area contributed by atoms with Crippen LogP contribution in [0.2, 0.25) is 0 Å². The third-order valence-corrected chi connectivity index (χ3v) is 4.92. The van der Waals surface area contributed by atoms with Crippen LogP contribution in [-0.2, 0) is 4.79 Å². The third kappa shape index (κ3) is 5.35. The SMILES string of the molecule is O=C(CSc1ccc(-c2ccc(Br)cc2)nn1)Nc1cccc([N+](=O)[O-])c1. The van der Waals surface area contributed by atoms with Gasteiger partial charge in [0.25, 0.3) is 5.69 Å². The van der Waals surface area contributed by atoms with Crippen molar-refractivity contribution >= 4 is 45.0 Å². The molecule has 0 aliphatic rings. The maximum Gasteiger partial charge on any atom is 0.271 e. The van der Waals surface area contributed by atoms with Gasteiger partial charge in [-0.25, -0.2) is 0 Å². The zero-order valence-electron chi connectivity index (χ0n) is 13.8. The van der Waals surface area contributed by atoms with Crippen LogP contribution in [0.1, 0.15) is 0 Å². The molecule has 0 aliphatic carbocycles. The van der Waals surface area contributed by atoms with Crippen LogP contribution >= 0.6 is 27.7 Å². The van der Waals surface area contributed by atoms with Crippen LogP contribution in [0.3, 0.4) is 0 Å². The first-order valence-electron chi connectivity index (χ1n) is 7.78. The summed E-state index contributed by atoms with van der Waals surface area (Å²) in [5.74, 6) is -0.158. The van der Waals surface area contributed by atoms with E-state index < -0.39 is 4.92 Å². The number of aromatic nitrogens is 2. The zero-order chi connectivity index (χ0) is 19.2. The molecule has 1 amide bonds. The fourth-order valence-corrected chi connectivity index (χ4v) is 3.08. The van der Waals surface area contributed by atoms with Crippen LogP contribution in [0.4, 0.5) is 11.4 Å². The van der Waals surface area contributed by atoms with Crippen molar-refractivity contribution in [2.75, 3.05) is 11.1 Å². The number of hydrogen-bond acceptors (Lipinski definition) is 6. The topological polar surface area (TPSA) is 98.0 Å².